The van der Waals surface area contributed by atoms with Gasteiger partial charge in [-0.25, -0.2) is 0 Å². The quantitative estimate of drug-likeness (QED) is 0.587. The molecule has 0 fully saturated rings. The number of Topliss-reactive ketones (excluding diaryl/α,β-unsaturated/α-hetero) is 2. The van der Waals surface area contributed by atoms with Crippen LogP contribution in [0.5, 0.6) is 5.75 Å². The van der Waals surface area contributed by atoms with E-state index in [4.69, 9.17) is 0 Å². The molecule has 0 saturated carbocycles. The molecule has 0 radical (unpaired) electrons. The van der Waals surface area contributed by atoms with Gasteiger partial charge in [-0.1, -0.05) is 30.3 Å². The molecule has 1 amide bonds. The molecule has 0 saturated heterocycles. The van der Waals surface area contributed by atoms with Gasteiger partial charge in [0.1, 0.15) is 17.1 Å². The number of aromatic hydroxyl groups is 1. The highest BCUT2D eigenvalue weighted by Gasteiger charge is 2.21. The summed E-state index contributed by atoms with van der Waals surface area (Å²) in [5.41, 5.74) is 0.731. The van der Waals surface area contributed by atoms with Crippen LogP contribution in [-0.2, 0) is 23.1 Å². The highest BCUT2D eigenvalue weighted by atomic mass is 16.3. The Labute approximate surface area is 173 Å². The van der Waals surface area contributed by atoms with Crippen LogP contribution in [0, 0.1) is 0 Å². The Bertz CT molecular complexity index is 1200. The van der Waals surface area contributed by atoms with Gasteiger partial charge in [0, 0.05) is 31.0 Å². The van der Waals surface area contributed by atoms with Gasteiger partial charge in [0.2, 0.25) is 5.91 Å². The Morgan fingerprint density at radius 2 is 1.73 bits per heavy atom. The average Bonchev–Trinajstić information content (AvgIpc) is 2.71. The maximum absolute atomic E-state index is 12.6. The van der Waals surface area contributed by atoms with Crippen molar-refractivity contribution in [3.63, 3.8) is 0 Å². The van der Waals surface area contributed by atoms with E-state index in [0.717, 1.165) is 5.56 Å². The number of anilines is 1. The summed E-state index contributed by atoms with van der Waals surface area (Å²) in [6.45, 7) is 1.36. The van der Waals surface area contributed by atoms with Gasteiger partial charge in [-0.15, -0.1) is 0 Å². The smallest absolute Gasteiger partial charge is 0.265 e. The molecule has 0 aliphatic rings. The van der Waals surface area contributed by atoms with Crippen LogP contribution in [0.1, 0.15) is 35.7 Å². The summed E-state index contributed by atoms with van der Waals surface area (Å²) in [5, 5.41) is 13.7. The Hall–Kier alpha value is -3.74. The maximum atomic E-state index is 12.6. The summed E-state index contributed by atoms with van der Waals surface area (Å²) in [6, 6.07) is 14.0. The number of pyridine rings is 1. The predicted octanol–water partition coefficient (Wildman–Crippen LogP) is 2.98. The number of nitrogens with zero attached hydrogens (tertiary/aromatic N) is 1. The van der Waals surface area contributed by atoms with E-state index >= 15 is 0 Å². The number of aryl methyl sites for hydroxylation is 1. The first-order chi connectivity index (χ1) is 14.3. The molecule has 7 nitrogen and oxygen atoms in total. The lowest BCUT2D eigenvalue weighted by atomic mass is 10.0. The number of amides is 1. The minimum atomic E-state index is -0.630. The Morgan fingerprint density at radius 1 is 1.03 bits per heavy atom. The van der Waals surface area contributed by atoms with E-state index in [1.807, 2.05) is 30.3 Å². The van der Waals surface area contributed by atoms with Crippen molar-refractivity contribution in [3.05, 3.63) is 70.0 Å². The summed E-state index contributed by atoms with van der Waals surface area (Å²) in [4.78, 5) is 48.5. The molecule has 1 heterocycles. The zero-order chi connectivity index (χ0) is 21.8. The number of aromatic nitrogens is 1. The van der Waals surface area contributed by atoms with E-state index in [9.17, 15) is 24.3 Å². The van der Waals surface area contributed by atoms with Crippen molar-refractivity contribution in [1.29, 1.82) is 0 Å². The molecule has 154 valence electrons. The summed E-state index contributed by atoms with van der Waals surface area (Å²) in [7, 11) is 1.50. The van der Waals surface area contributed by atoms with Crippen LogP contribution < -0.4 is 10.9 Å². The molecule has 2 aromatic carbocycles. The average molecular weight is 406 g/mol. The molecule has 0 atom stereocenters. The van der Waals surface area contributed by atoms with E-state index in [1.54, 1.807) is 12.1 Å². The van der Waals surface area contributed by atoms with E-state index in [0.29, 0.717) is 11.2 Å². The number of nitrogens with one attached hydrogen (secondary N) is 1. The lowest BCUT2D eigenvalue weighted by Gasteiger charge is -2.13. The number of rotatable bonds is 7. The fourth-order valence-electron chi connectivity index (χ4n) is 3.26. The van der Waals surface area contributed by atoms with Crippen LogP contribution in [0.2, 0.25) is 0 Å². The fourth-order valence-corrected chi connectivity index (χ4v) is 3.26. The number of hydrogen-bond acceptors (Lipinski definition) is 5. The molecule has 0 aliphatic carbocycles. The van der Waals surface area contributed by atoms with Gasteiger partial charge in [0.15, 0.2) is 5.78 Å². The number of ketones is 2. The second-order valence-corrected chi connectivity index (χ2v) is 7.16. The lowest BCUT2D eigenvalue weighted by molar-refractivity contribution is -0.117. The van der Waals surface area contributed by atoms with Crippen molar-refractivity contribution in [2.75, 3.05) is 5.32 Å². The van der Waals surface area contributed by atoms with Crippen molar-refractivity contribution in [2.24, 2.45) is 7.05 Å². The first kappa shape index (κ1) is 21.0. The van der Waals surface area contributed by atoms with Gasteiger partial charge in [-0.2, -0.15) is 0 Å². The van der Waals surface area contributed by atoms with E-state index in [1.165, 1.54) is 24.6 Å². The van der Waals surface area contributed by atoms with E-state index < -0.39 is 17.1 Å². The van der Waals surface area contributed by atoms with Gasteiger partial charge in [0.25, 0.3) is 5.56 Å². The number of hydrogen-bond donors (Lipinski definition) is 2. The molecule has 3 rings (SSSR count). The maximum Gasteiger partial charge on any atom is 0.265 e. The molecule has 3 aromatic rings. The van der Waals surface area contributed by atoms with Crippen LogP contribution in [0.25, 0.3) is 10.9 Å². The first-order valence-corrected chi connectivity index (χ1v) is 9.50. The molecule has 0 bridgehead atoms. The van der Waals surface area contributed by atoms with Crippen LogP contribution in [0.3, 0.4) is 0 Å². The molecular weight excluding hydrogens is 384 g/mol. The third kappa shape index (κ3) is 4.46. The van der Waals surface area contributed by atoms with Gasteiger partial charge in [-0.05, 0) is 30.7 Å². The summed E-state index contributed by atoms with van der Waals surface area (Å²) < 4.78 is 1.27. The molecule has 0 unspecified atom stereocenters. The zero-order valence-electron chi connectivity index (χ0n) is 16.8. The normalized spacial score (nSPS) is 10.7. The van der Waals surface area contributed by atoms with Crippen LogP contribution in [0.4, 0.5) is 5.69 Å². The van der Waals surface area contributed by atoms with Crippen LogP contribution in [-0.4, -0.2) is 27.1 Å². The summed E-state index contributed by atoms with van der Waals surface area (Å²) in [6.07, 6.45) is 0.0269. The highest BCUT2D eigenvalue weighted by Crippen LogP contribution is 2.29. The molecule has 30 heavy (non-hydrogen) atoms. The van der Waals surface area contributed by atoms with Gasteiger partial charge in [-0.3, -0.25) is 14.4 Å². The van der Waals surface area contributed by atoms with Crippen molar-refractivity contribution in [1.82, 2.24) is 4.57 Å². The third-order valence-corrected chi connectivity index (χ3v) is 4.84. The van der Waals surface area contributed by atoms with Crippen molar-refractivity contribution in [3.8, 4) is 5.75 Å². The van der Waals surface area contributed by atoms with E-state index in [-0.39, 0.29) is 41.9 Å². The molecule has 1 aromatic heterocycles. The second kappa shape index (κ2) is 8.73. The number of fused-ring (bicyclic) bond motifs is 1. The summed E-state index contributed by atoms with van der Waals surface area (Å²) in [5.74, 6) is -1.45. The standard InChI is InChI=1S/C23H22N2O5/c1-14(26)8-11-19(27)21-22(29)17-13-16(9-10-18(17)25(2)23(21)30)24-20(28)12-15-6-4-3-5-7-15/h3-7,9-10,13,29H,8,11-12H2,1-2H3,(H,24,28). The number of carbonyl (C=O) groups is 3. The molecular formula is C23H22N2O5. The molecule has 2 N–H and O–H groups in total. The number of carbonyl (C=O) groups excluding carboxylic acids is 3. The van der Waals surface area contributed by atoms with Crippen molar-refractivity contribution in [2.45, 2.75) is 26.2 Å². The SMILES string of the molecule is CC(=O)CCC(=O)c1c(O)c2cc(NC(=O)Cc3ccccc3)ccc2n(C)c1=O. The highest BCUT2D eigenvalue weighted by molar-refractivity contribution is 6.05. The van der Waals surface area contributed by atoms with Gasteiger partial charge in [0.05, 0.1) is 11.9 Å². The van der Waals surface area contributed by atoms with Crippen molar-refractivity contribution < 1.29 is 19.5 Å². The minimum absolute atomic E-state index is 0.00491. The second-order valence-electron chi connectivity index (χ2n) is 7.16. The van der Waals surface area contributed by atoms with Crippen LogP contribution >= 0.6 is 0 Å². The topological polar surface area (TPSA) is 105 Å². The largest absolute Gasteiger partial charge is 0.506 e. The Balaban J connectivity index is 1.94. The Morgan fingerprint density at radius 3 is 2.40 bits per heavy atom. The van der Waals surface area contributed by atoms with E-state index in [2.05, 4.69) is 5.32 Å². The molecule has 0 aliphatic heterocycles. The minimum Gasteiger partial charge on any atom is -0.506 e. The first-order valence-electron chi connectivity index (χ1n) is 9.50. The third-order valence-electron chi connectivity index (χ3n) is 4.84. The van der Waals surface area contributed by atoms with Gasteiger partial charge >= 0.3 is 0 Å². The molecule has 0 spiro atoms. The number of benzene rings is 2. The summed E-state index contributed by atoms with van der Waals surface area (Å²) >= 11 is 0. The zero-order valence-corrected chi connectivity index (χ0v) is 16.8. The monoisotopic (exact) mass is 406 g/mol. The predicted molar refractivity (Wildman–Crippen MR) is 114 cm³/mol. The lowest BCUT2D eigenvalue weighted by Crippen LogP contribution is -2.25. The van der Waals surface area contributed by atoms with Crippen molar-refractivity contribution >= 4 is 34.1 Å². The Kier molecular flexibility index (Phi) is 6.11. The van der Waals surface area contributed by atoms with Gasteiger partial charge < -0.3 is 19.8 Å². The van der Waals surface area contributed by atoms with Crippen LogP contribution in [0.15, 0.2) is 53.3 Å². The molecule has 7 heteroatoms. The fraction of sp³-hybridized carbons (Fsp3) is 0.217.